The van der Waals surface area contributed by atoms with Gasteiger partial charge in [-0.25, -0.2) is 0 Å². The molecule has 2 aromatic carbocycles. The Balaban J connectivity index is 2.12. The smallest absolute Gasteiger partial charge is 0.0752 e. The van der Waals surface area contributed by atoms with Crippen LogP contribution in [0.2, 0.25) is 0 Å². The van der Waals surface area contributed by atoms with Gasteiger partial charge in [0.15, 0.2) is 0 Å². The zero-order valence-electron chi connectivity index (χ0n) is 13.0. The van der Waals surface area contributed by atoms with Crippen molar-refractivity contribution in [3.63, 3.8) is 0 Å². The van der Waals surface area contributed by atoms with E-state index in [0.717, 1.165) is 16.9 Å². The molecule has 0 spiro atoms. The van der Waals surface area contributed by atoms with Crippen molar-refractivity contribution in [2.45, 2.75) is 27.7 Å². The second-order valence-electron chi connectivity index (χ2n) is 5.78. The van der Waals surface area contributed by atoms with E-state index in [1.807, 2.05) is 12.3 Å². The van der Waals surface area contributed by atoms with Crippen LogP contribution >= 0.6 is 0 Å². The summed E-state index contributed by atoms with van der Waals surface area (Å²) in [4.78, 5) is 4.52. The number of nitrogens with one attached hydrogen (secondary N) is 1. The van der Waals surface area contributed by atoms with Gasteiger partial charge in [-0.15, -0.1) is 0 Å². The molecule has 106 valence electrons. The van der Waals surface area contributed by atoms with E-state index in [-0.39, 0.29) is 0 Å². The highest BCUT2D eigenvalue weighted by molar-refractivity contribution is 5.95. The lowest BCUT2D eigenvalue weighted by Gasteiger charge is -2.13. The number of benzene rings is 2. The molecule has 21 heavy (non-hydrogen) atoms. The number of hydrogen-bond donors (Lipinski definition) is 1. The number of rotatable bonds is 2. The lowest BCUT2D eigenvalue weighted by molar-refractivity contribution is 1.33. The third-order valence-electron chi connectivity index (χ3n) is 3.83. The van der Waals surface area contributed by atoms with Gasteiger partial charge < -0.3 is 5.32 Å². The third kappa shape index (κ3) is 2.62. The van der Waals surface area contributed by atoms with Crippen LogP contribution < -0.4 is 5.32 Å². The summed E-state index contributed by atoms with van der Waals surface area (Å²) in [5, 5.41) is 4.73. The second-order valence-corrected chi connectivity index (χ2v) is 5.78. The Morgan fingerprint density at radius 2 is 1.52 bits per heavy atom. The zero-order valence-corrected chi connectivity index (χ0v) is 13.0. The highest BCUT2D eigenvalue weighted by Crippen LogP contribution is 2.29. The quantitative estimate of drug-likeness (QED) is 0.694. The number of nitrogens with zero attached hydrogens (tertiary/aromatic N) is 1. The molecule has 1 aromatic heterocycles. The van der Waals surface area contributed by atoms with Crippen LogP contribution in [0.4, 0.5) is 11.4 Å². The van der Waals surface area contributed by atoms with E-state index < -0.39 is 0 Å². The van der Waals surface area contributed by atoms with Crippen molar-refractivity contribution >= 4 is 22.3 Å². The highest BCUT2D eigenvalue weighted by atomic mass is 14.9. The molecule has 0 atom stereocenters. The second kappa shape index (κ2) is 5.21. The molecule has 0 aliphatic heterocycles. The van der Waals surface area contributed by atoms with E-state index in [9.17, 15) is 0 Å². The summed E-state index contributed by atoms with van der Waals surface area (Å²) in [7, 11) is 0. The fourth-order valence-corrected chi connectivity index (χ4v) is 2.82. The maximum atomic E-state index is 4.52. The van der Waals surface area contributed by atoms with Crippen LogP contribution in [0.25, 0.3) is 10.9 Å². The summed E-state index contributed by atoms with van der Waals surface area (Å²) in [5.41, 5.74) is 8.33. The van der Waals surface area contributed by atoms with Crippen LogP contribution in [0.15, 0.2) is 42.6 Å². The van der Waals surface area contributed by atoms with Gasteiger partial charge in [0.25, 0.3) is 0 Å². The Kier molecular flexibility index (Phi) is 3.38. The third-order valence-corrected chi connectivity index (χ3v) is 3.83. The molecule has 0 saturated heterocycles. The predicted octanol–water partition coefficient (Wildman–Crippen LogP) is 5.21. The van der Waals surface area contributed by atoms with Gasteiger partial charge in [-0.05, 0) is 57.0 Å². The first-order valence-corrected chi connectivity index (χ1v) is 7.25. The molecule has 1 heterocycles. The van der Waals surface area contributed by atoms with E-state index in [1.54, 1.807) is 0 Å². The van der Waals surface area contributed by atoms with Crippen LogP contribution in [0.5, 0.6) is 0 Å². The average molecular weight is 276 g/mol. The number of anilines is 2. The van der Waals surface area contributed by atoms with E-state index in [2.05, 4.69) is 68.3 Å². The standard InChI is InChI=1S/C19H20N2/c1-12-5-6-17(14(3)9-12)21-18-7-8-20-19-15(4)10-13(2)11-16(18)19/h5-11H,1-4H3,(H,20,21). The van der Waals surface area contributed by atoms with E-state index >= 15 is 0 Å². The zero-order chi connectivity index (χ0) is 15.0. The molecule has 3 aromatic rings. The summed E-state index contributed by atoms with van der Waals surface area (Å²) in [5.74, 6) is 0. The van der Waals surface area contributed by atoms with Crippen molar-refractivity contribution in [2.75, 3.05) is 5.32 Å². The van der Waals surface area contributed by atoms with Crippen molar-refractivity contribution in [1.82, 2.24) is 4.98 Å². The molecule has 0 radical (unpaired) electrons. The Bertz CT molecular complexity index is 819. The summed E-state index contributed by atoms with van der Waals surface area (Å²) < 4.78 is 0. The van der Waals surface area contributed by atoms with Gasteiger partial charge in [-0.3, -0.25) is 4.98 Å². The molecule has 0 saturated carbocycles. The van der Waals surface area contributed by atoms with Gasteiger partial charge in [-0.2, -0.15) is 0 Å². The van der Waals surface area contributed by atoms with Crippen LogP contribution in [-0.2, 0) is 0 Å². The lowest BCUT2D eigenvalue weighted by Crippen LogP contribution is -1.96. The topological polar surface area (TPSA) is 24.9 Å². The van der Waals surface area contributed by atoms with Gasteiger partial charge in [0, 0.05) is 23.0 Å². The minimum atomic E-state index is 1.07. The fraction of sp³-hybridized carbons (Fsp3) is 0.211. The van der Waals surface area contributed by atoms with Crippen LogP contribution in [-0.4, -0.2) is 4.98 Å². The molecular weight excluding hydrogens is 256 g/mol. The molecule has 1 N–H and O–H groups in total. The molecule has 0 amide bonds. The number of fused-ring (bicyclic) bond motifs is 1. The summed E-state index contributed by atoms with van der Waals surface area (Å²) >= 11 is 0. The molecule has 2 nitrogen and oxygen atoms in total. The van der Waals surface area contributed by atoms with Gasteiger partial charge in [-0.1, -0.05) is 29.3 Å². The Hall–Kier alpha value is -2.35. The largest absolute Gasteiger partial charge is 0.355 e. The predicted molar refractivity (Wildman–Crippen MR) is 90.4 cm³/mol. The van der Waals surface area contributed by atoms with Crippen molar-refractivity contribution < 1.29 is 0 Å². The molecule has 0 fully saturated rings. The molecule has 0 bridgehead atoms. The monoisotopic (exact) mass is 276 g/mol. The van der Waals surface area contributed by atoms with Crippen LogP contribution in [0.1, 0.15) is 22.3 Å². The van der Waals surface area contributed by atoms with Crippen molar-refractivity contribution in [3.05, 3.63) is 64.8 Å². The van der Waals surface area contributed by atoms with Gasteiger partial charge >= 0.3 is 0 Å². The Morgan fingerprint density at radius 3 is 2.29 bits per heavy atom. The molecule has 0 aliphatic carbocycles. The first-order valence-electron chi connectivity index (χ1n) is 7.25. The summed E-state index contributed by atoms with van der Waals surface area (Å²) in [6, 6.07) is 12.9. The maximum absolute atomic E-state index is 4.52. The van der Waals surface area contributed by atoms with Crippen molar-refractivity contribution in [2.24, 2.45) is 0 Å². The SMILES string of the molecule is Cc1ccc(Nc2ccnc3c(C)cc(C)cc23)c(C)c1. The van der Waals surface area contributed by atoms with Gasteiger partial charge in [0.2, 0.25) is 0 Å². The Labute approximate surface area is 125 Å². The van der Waals surface area contributed by atoms with Crippen LogP contribution in [0.3, 0.4) is 0 Å². The maximum Gasteiger partial charge on any atom is 0.0752 e. The normalized spacial score (nSPS) is 10.9. The summed E-state index contributed by atoms with van der Waals surface area (Å²) in [6.45, 7) is 8.49. The lowest BCUT2D eigenvalue weighted by atomic mass is 10.0. The Morgan fingerprint density at radius 1 is 0.762 bits per heavy atom. The summed E-state index contributed by atoms with van der Waals surface area (Å²) in [6.07, 6.45) is 1.87. The highest BCUT2D eigenvalue weighted by Gasteiger charge is 2.07. The number of hydrogen-bond acceptors (Lipinski definition) is 2. The first kappa shape index (κ1) is 13.6. The van der Waals surface area contributed by atoms with Gasteiger partial charge in [0.1, 0.15) is 0 Å². The minimum absolute atomic E-state index is 1.07. The molecule has 3 rings (SSSR count). The number of pyridine rings is 1. The first-order chi connectivity index (χ1) is 10.0. The molecule has 2 heteroatoms. The molecule has 0 aliphatic rings. The van der Waals surface area contributed by atoms with Gasteiger partial charge in [0.05, 0.1) is 5.52 Å². The van der Waals surface area contributed by atoms with E-state index in [4.69, 9.17) is 0 Å². The van der Waals surface area contributed by atoms with Crippen LogP contribution in [0, 0.1) is 27.7 Å². The number of aromatic nitrogens is 1. The number of aryl methyl sites for hydroxylation is 4. The minimum Gasteiger partial charge on any atom is -0.355 e. The average Bonchev–Trinajstić information content (AvgIpc) is 2.42. The van der Waals surface area contributed by atoms with Crippen molar-refractivity contribution in [1.29, 1.82) is 0 Å². The molecule has 0 unspecified atom stereocenters. The molecular formula is C19H20N2. The van der Waals surface area contributed by atoms with Crippen molar-refractivity contribution in [3.8, 4) is 0 Å². The van der Waals surface area contributed by atoms with E-state index in [1.165, 1.54) is 27.6 Å². The van der Waals surface area contributed by atoms with E-state index in [0.29, 0.717) is 0 Å². The fourth-order valence-electron chi connectivity index (χ4n) is 2.82.